The van der Waals surface area contributed by atoms with Crippen LogP contribution in [-0.4, -0.2) is 60.3 Å². The first-order valence-electron chi connectivity index (χ1n) is 12.4. The monoisotopic (exact) mass is 522 g/mol. The van der Waals surface area contributed by atoms with Crippen LogP contribution in [0.3, 0.4) is 0 Å². The lowest BCUT2D eigenvalue weighted by molar-refractivity contribution is -0.139. The first kappa shape index (κ1) is 27.0. The summed E-state index contributed by atoms with van der Waals surface area (Å²) in [5.74, 6) is 0.477. The van der Waals surface area contributed by atoms with E-state index in [0.717, 1.165) is 41.0 Å². The summed E-state index contributed by atoms with van der Waals surface area (Å²) in [5, 5.41) is 16.6. The predicted octanol–water partition coefficient (Wildman–Crippen LogP) is 3.89. The van der Waals surface area contributed by atoms with Crippen LogP contribution in [0.4, 0.5) is 0 Å². The van der Waals surface area contributed by atoms with Crippen molar-refractivity contribution in [3.63, 3.8) is 0 Å². The molecular formula is C29H34N2O5S. The van der Waals surface area contributed by atoms with E-state index in [9.17, 15) is 14.5 Å². The number of carbonyl (C=O) groups is 1. The average Bonchev–Trinajstić information content (AvgIpc) is 2.95. The van der Waals surface area contributed by atoms with E-state index in [0.29, 0.717) is 31.0 Å². The van der Waals surface area contributed by atoms with E-state index >= 15 is 0 Å². The van der Waals surface area contributed by atoms with Crippen LogP contribution in [-0.2, 0) is 22.4 Å². The minimum Gasteiger partial charge on any atom is -0.611 e. The fourth-order valence-electron chi connectivity index (χ4n) is 4.84. The fraction of sp³-hybridized carbons (Fsp3) is 0.345. The predicted molar refractivity (Wildman–Crippen MR) is 146 cm³/mol. The van der Waals surface area contributed by atoms with Crippen molar-refractivity contribution in [3.8, 4) is 22.6 Å². The molecule has 0 aliphatic carbocycles. The minimum absolute atomic E-state index is 0.306. The van der Waals surface area contributed by atoms with E-state index in [2.05, 4.69) is 10.6 Å². The number of ether oxygens (including phenoxy) is 2. The summed E-state index contributed by atoms with van der Waals surface area (Å²) < 4.78 is 24.1. The van der Waals surface area contributed by atoms with Gasteiger partial charge in [-0.1, -0.05) is 48.5 Å². The number of piperidine rings is 1. The summed E-state index contributed by atoms with van der Waals surface area (Å²) in [6.45, 7) is 1.79. The molecule has 0 saturated carbocycles. The number of methoxy groups -OCH3 is 2. The van der Waals surface area contributed by atoms with Crippen molar-refractivity contribution in [1.29, 1.82) is 0 Å². The molecule has 1 heterocycles. The third-order valence-corrected chi connectivity index (χ3v) is 8.84. The van der Waals surface area contributed by atoms with Gasteiger partial charge in [-0.2, -0.15) is 0 Å². The molecule has 1 aliphatic rings. The van der Waals surface area contributed by atoms with Gasteiger partial charge >= 0.3 is 5.97 Å². The van der Waals surface area contributed by atoms with Gasteiger partial charge in [0, 0.05) is 19.5 Å². The number of aliphatic carboxylic acids is 1. The normalized spacial score (nSPS) is 19.1. The summed E-state index contributed by atoms with van der Waals surface area (Å²) in [7, 11) is 3.24. The fourth-order valence-corrected chi connectivity index (χ4v) is 6.53. The maximum Gasteiger partial charge on any atom is 0.321 e. The molecule has 0 aromatic heterocycles. The quantitative estimate of drug-likeness (QED) is 0.328. The summed E-state index contributed by atoms with van der Waals surface area (Å²) in [4.78, 5) is 13.0. The highest BCUT2D eigenvalue weighted by atomic mass is 32.2. The highest BCUT2D eigenvalue weighted by Gasteiger charge is 2.45. The lowest BCUT2D eigenvalue weighted by atomic mass is 9.96. The molecule has 37 heavy (non-hydrogen) atoms. The number of hydrogen-bond acceptors (Lipinski definition) is 6. The topological polar surface area (TPSA) is 103 Å². The van der Waals surface area contributed by atoms with E-state index in [1.807, 2.05) is 72.8 Å². The van der Waals surface area contributed by atoms with Crippen molar-refractivity contribution in [3.05, 3.63) is 78.4 Å². The van der Waals surface area contributed by atoms with Crippen molar-refractivity contribution in [2.75, 3.05) is 33.9 Å². The van der Waals surface area contributed by atoms with Gasteiger partial charge in [-0.3, -0.25) is 10.1 Å². The molecule has 3 atom stereocenters. The van der Waals surface area contributed by atoms with Crippen molar-refractivity contribution in [2.24, 2.45) is 0 Å². The van der Waals surface area contributed by atoms with Crippen molar-refractivity contribution in [2.45, 2.75) is 34.9 Å². The van der Waals surface area contributed by atoms with Crippen molar-refractivity contribution < 1.29 is 23.9 Å². The van der Waals surface area contributed by atoms with Gasteiger partial charge in [0.1, 0.15) is 17.5 Å². The molecule has 0 spiro atoms. The minimum atomic E-state index is -1.28. The Labute approximate surface area is 221 Å². The Kier molecular flexibility index (Phi) is 9.10. The van der Waals surface area contributed by atoms with Gasteiger partial charge in [0.15, 0.2) is 9.64 Å². The molecule has 1 aliphatic heterocycles. The number of rotatable bonds is 11. The van der Waals surface area contributed by atoms with Crippen LogP contribution in [0.15, 0.2) is 77.7 Å². The lowest BCUT2D eigenvalue weighted by Crippen LogP contribution is -2.59. The summed E-state index contributed by atoms with van der Waals surface area (Å²) in [6, 6.07) is 22.0. The van der Waals surface area contributed by atoms with Gasteiger partial charge in [-0.25, -0.2) is 0 Å². The summed E-state index contributed by atoms with van der Waals surface area (Å²) in [6.07, 6.45) is 1.96. The molecule has 3 aromatic rings. The lowest BCUT2D eigenvalue weighted by Gasteiger charge is -2.39. The molecule has 7 nitrogen and oxygen atoms in total. The zero-order chi connectivity index (χ0) is 26.3. The molecule has 196 valence electrons. The zero-order valence-electron chi connectivity index (χ0n) is 21.2. The average molecular weight is 523 g/mol. The summed E-state index contributed by atoms with van der Waals surface area (Å²) in [5.41, 5.74) is 2.66. The Morgan fingerprint density at radius 3 is 2.30 bits per heavy atom. The highest BCUT2D eigenvalue weighted by molar-refractivity contribution is 7.93. The Balaban J connectivity index is 1.50. The number of carboxylic acid groups (broad SMARTS) is 1. The Hall–Kier alpha value is -3.04. The van der Waals surface area contributed by atoms with Gasteiger partial charge < -0.3 is 24.4 Å². The smallest absolute Gasteiger partial charge is 0.321 e. The molecule has 0 bridgehead atoms. The van der Waals surface area contributed by atoms with Crippen LogP contribution in [0.2, 0.25) is 0 Å². The van der Waals surface area contributed by atoms with Crippen molar-refractivity contribution >= 4 is 17.1 Å². The van der Waals surface area contributed by atoms with Crippen LogP contribution >= 0.6 is 0 Å². The van der Waals surface area contributed by atoms with E-state index in [4.69, 9.17) is 9.47 Å². The number of carboxylic acids is 1. The van der Waals surface area contributed by atoms with Crippen LogP contribution in [0.1, 0.15) is 18.4 Å². The van der Waals surface area contributed by atoms with Gasteiger partial charge in [0.05, 0.1) is 19.8 Å². The standard InChI is InChI=1S/C29H34N2O5S/c1-35-25-10-6-11-26(36-2)27(25)22-14-12-21(13-15-22)18-24(28(32)33)31-20-29(16-7-17-30-19-29)37(34)23-8-4-3-5-9-23/h3-6,8-15,24,30-31H,7,16-20H2,1-2H3,(H,32,33)/t24-,29?,37?/m0/s1. The molecule has 1 saturated heterocycles. The molecule has 2 unspecified atom stereocenters. The molecular weight excluding hydrogens is 488 g/mol. The van der Waals surface area contributed by atoms with Gasteiger partial charge in [-0.05, 0) is 66.0 Å². The van der Waals surface area contributed by atoms with E-state index in [1.165, 1.54) is 0 Å². The highest BCUT2D eigenvalue weighted by Crippen LogP contribution is 2.38. The molecule has 0 amide bonds. The van der Waals surface area contributed by atoms with Gasteiger partial charge in [-0.15, -0.1) is 0 Å². The second-order valence-electron chi connectivity index (χ2n) is 9.26. The van der Waals surface area contributed by atoms with Gasteiger partial charge in [0.25, 0.3) is 0 Å². The molecule has 3 N–H and O–H groups in total. The van der Waals surface area contributed by atoms with Crippen LogP contribution in [0.5, 0.6) is 11.5 Å². The second kappa shape index (κ2) is 12.5. The van der Waals surface area contributed by atoms with E-state index in [1.54, 1.807) is 14.2 Å². The first-order valence-corrected chi connectivity index (χ1v) is 13.6. The third kappa shape index (κ3) is 6.27. The summed E-state index contributed by atoms with van der Waals surface area (Å²) >= 11 is -1.28. The first-order chi connectivity index (χ1) is 18.0. The number of nitrogens with one attached hydrogen (secondary N) is 2. The largest absolute Gasteiger partial charge is 0.611 e. The van der Waals surface area contributed by atoms with E-state index < -0.39 is 27.9 Å². The Morgan fingerprint density at radius 1 is 1.05 bits per heavy atom. The van der Waals surface area contributed by atoms with Crippen LogP contribution in [0, 0.1) is 0 Å². The number of hydrogen-bond donors (Lipinski definition) is 3. The number of benzene rings is 3. The van der Waals surface area contributed by atoms with Crippen LogP contribution < -0.4 is 20.1 Å². The molecule has 1 fully saturated rings. The Morgan fingerprint density at radius 2 is 1.73 bits per heavy atom. The maximum atomic E-state index is 13.6. The Bertz CT molecular complexity index is 1140. The SMILES string of the molecule is COc1cccc(OC)c1-c1ccc(C[C@H](NCC2([S+]([O-])c3ccccc3)CCCNC2)C(=O)O)cc1. The third-order valence-electron chi connectivity index (χ3n) is 6.86. The van der Waals surface area contributed by atoms with Crippen molar-refractivity contribution in [1.82, 2.24) is 10.6 Å². The molecule has 4 rings (SSSR count). The van der Waals surface area contributed by atoms with Gasteiger partial charge in [0.2, 0.25) is 0 Å². The van der Waals surface area contributed by atoms with E-state index in [-0.39, 0.29) is 0 Å². The second-order valence-corrected chi connectivity index (χ2v) is 11.1. The molecule has 8 heteroatoms. The zero-order valence-corrected chi connectivity index (χ0v) is 22.1. The molecule has 0 radical (unpaired) electrons. The molecule has 3 aromatic carbocycles. The van der Waals surface area contributed by atoms with Crippen LogP contribution in [0.25, 0.3) is 11.1 Å². The maximum absolute atomic E-state index is 13.6.